The molecule has 0 spiro atoms. The molecular weight excluding hydrogens is 200 g/mol. The third-order valence-corrected chi connectivity index (χ3v) is 2.76. The molecule has 1 atom stereocenters. The van der Waals surface area contributed by atoms with Gasteiger partial charge in [-0.3, -0.25) is 4.79 Å². The van der Waals surface area contributed by atoms with Crippen LogP contribution in [0.2, 0.25) is 0 Å². The summed E-state index contributed by atoms with van der Waals surface area (Å²) in [6.07, 6.45) is 6.50. The van der Waals surface area contributed by atoms with Crippen LogP contribution in [-0.4, -0.2) is 25.0 Å². The lowest BCUT2D eigenvalue weighted by molar-refractivity contribution is -0.121. The minimum atomic E-state index is 0.166. The first-order chi connectivity index (χ1) is 7.74. The van der Waals surface area contributed by atoms with Gasteiger partial charge in [0, 0.05) is 25.6 Å². The summed E-state index contributed by atoms with van der Waals surface area (Å²) >= 11 is 0. The van der Waals surface area contributed by atoms with Crippen molar-refractivity contribution >= 4 is 5.91 Å². The number of hydrogen-bond donors (Lipinski definition) is 2. The van der Waals surface area contributed by atoms with Crippen LogP contribution in [0.5, 0.6) is 0 Å². The first-order valence-corrected chi connectivity index (χ1v) is 6.74. The molecule has 0 radical (unpaired) electrons. The quantitative estimate of drug-likeness (QED) is 0.603. The molecular formula is C13H28N2O. The summed E-state index contributed by atoms with van der Waals surface area (Å²) in [5, 5.41) is 6.34. The van der Waals surface area contributed by atoms with Crippen LogP contribution in [0.4, 0.5) is 0 Å². The minimum Gasteiger partial charge on any atom is -0.356 e. The Kier molecular flexibility index (Phi) is 10.5. The summed E-state index contributed by atoms with van der Waals surface area (Å²) in [6.45, 7) is 8.08. The highest BCUT2D eigenvalue weighted by Gasteiger charge is 2.05. The number of nitrogens with one attached hydrogen (secondary N) is 2. The van der Waals surface area contributed by atoms with Crippen LogP contribution in [0.1, 0.15) is 59.3 Å². The Hall–Kier alpha value is -0.570. The minimum absolute atomic E-state index is 0.166. The standard InChI is InChI=1S/C13H28N2O/c1-4-7-8-12(6-3)14-11-9-13(16)15-10-5-2/h12,14H,4-11H2,1-3H3,(H,15,16). The van der Waals surface area contributed by atoms with Gasteiger partial charge < -0.3 is 10.6 Å². The van der Waals surface area contributed by atoms with Crippen molar-refractivity contribution in [2.24, 2.45) is 0 Å². The summed E-state index contributed by atoms with van der Waals surface area (Å²) in [7, 11) is 0. The largest absolute Gasteiger partial charge is 0.356 e. The highest BCUT2D eigenvalue weighted by atomic mass is 16.1. The van der Waals surface area contributed by atoms with Crippen molar-refractivity contribution in [1.82, 2.24) is 10.6 Å². The topological polar surface area (TPSA) is 41.1 Å². The normalized spacial score (nSPS) is 12.4. The van der Waals surface area contributed by atoms with Crippen molar-refractivity contribution in [3.8, 4) is 0 Å². The Morgan fingerprint density at radius 2 is 1.88 bits per heavy atom. The van der Waals surface area contributed by atoms with E-state index in [1.54, 1.807) is 0 Å². The van der Waals surface area contributed by atoms with Crippen molar-refractivity contribution in [2.45, 2.75) is 65.3 Å². The summed E-state index contributed by atoms with van der Waals surface area (Å²) in [4.78, 5) is 11.3. The fraction of sp³-hybridized carbons (Fsp3) is 0.923. The molecule has 0 aliphatic carbocycles. The van der Waals surface area contributed by atoms with Crippen LogP contribution >= 0.6 is 0 Å². The lowest BCUT2D eigenvalue weighted by atomic mass is 10.1. The number of carbonyl (C=O) groups excluding carboxylic acids is 1. The van der Waals surface area contributed by atoms with Gasteiger partial charge in [-0.1, -0.05) is 33.6 Å². The maximum atomic E-state index is 11.3. The first-order valence-electron chi connectivity index (χ1n) is 6.74. The SMILES string of the molecule is CCCCC(CC)NCCC(=O)NCCC. The van der Waals surface area contributed by atoms with E-state index in [0.717, 1.165) is 25.9 Å². The Balaban J connectivity index is 3.49. The average molecular weight is 228 g/mol. The van der Waals surface area contributed by atoms with Gasteiger partial charge in [-0.2, -0.15) is 0 Å². The number of unbranched alkanes of at least 4 members (excludes halogenated alkanes) is 1. The van der Waals surface area contributed by atoms with Crippen LogP contribution in [0.3, 0.4) is 0 Å². The zero-order valence-electron chi connectivity index (χ0n) is 11.1. The van der Waals surface area contributed by atoms with Gasteiger partial charge in [0.15, 0.2) is 0 Å². The predicted octanol–water partition coefficient (Wildman–Crippen LogP) is 2.46. The van der Waals surface area contributed by atoms with Crippen LogP contribution in [0.25, 0.3) is 0 Å². The second kappa shape index (κ2) is 10.9. The fourth-order valence-electron chi connectivity index (χ4n) is 1.64. The van der Waals surface area contributed by atoms with E-state index in [1.807, 2.05) is 0 Å². The molecule has 0 aromatic carbocycles. The van der Waals surface area contributed by atoms with E-state index in [9.17, 15) is 4.79 Å². The van der Waals surface area contributed by atoms with Crippen molar-refractivity contribution in [1.29, 1.82) is 0 Å². The molecule has 3 heteroatoms. The van der Waals surface area contributed by atoms with Gasteiger partial charge in [0.25, 0.3) is 0 Å². The van der Waals surface area contributed by atoms with Gasteiger partial charge >= 0.3 is 0 Å². The van der Waals surface area contributed by atoms with Gasteiger partial charge in [0.05, 0.1) is 0 Å². The number of carbonyl (C=O) groups is 1. The molecule has 0 saturated carbocycles. The molecule has 96 valence electrons. The smallest absolute Gasteiger partial charge is 0.221 e. The Bertz CT molecular complexity index is 171. The van der Waals surface area contributed by atoms with Crippen molar-refractivity contribution < 1.29 is 4.79 Å². The second-order valence-electron chi connectivity index (χ2n) is 4.30. The third-order valence-electron chi connectivity index (χ3n) is 2.76. The van der Waals surface area contributed by atoms with Gasteiger partial charge in [-0.05, 0) is 19.3 Å². The summed E-state index contributed by atoms with van der Waals surface area (Å²) in [6, 6.07) is 0.582. The second-order valence-corrected chi connectivity index (χ2v) is 4.30. The van der Waals surface area contributed by atoms with Crippen molar-refractivity contribution in [3.63, 3.8) is 0 Å². The van der Waals surface area contributed by atoms with Gasteiger partial charge in [-0.25, -0.2) is 0 Å². The van der Waals surface area contributed by atoms with Crippen molar-refractivity contribution in [2.75, 3.05) is 13.1 Å². The lowest BCUT2D eigenvalue weighted by Gasteiger charge is -2.16. The zero-order chi connectivity index (χ0) is 12.2. The van der Waals surface area contributed by atoms with Crippen LogP contribution in [-0.2, 0) is 4.79 Å². The summed E-state index contributed by atoms with van der Waals surface area (Å²) in [5.74, 6) is 0.166. The highest BCUT2D eigenvalue weighted by molar-refractivity contribution is 5.75. The molecule has 0 bridgehead atoms. The molecule has 0 aromatic rings. The number of amides is 1. The van der Waals surface area contributed by atoms with Gasteiger partial charge in [0.1, 0.15) is 0 Å². The Labute approximate surface area is 100 Å². The summed E-state index contributed by atoms with van der Waals surface area (Å²) in [5.41, 5.74) is 0. The lowest BCUT2D eigenvalue weighted by Crippen LogP contribution is -2.33. The molecule has 0 aliphatic heterocycles. The molecule has 3 nitrogen and oxygen atoms in total. The number of hydrogen-bond acceptors (Lipinski definition) is 2. The van der Waals surface area contributed by atoms with Gasteiger partial charge in [-0.15, -0.1) is 0 Å². The van der Waals surface area contributed by atoms with E-state index in [-0.39, 0.29) is 5.91 Å². The first kappa shape index (κ1) is 15.4. The van der Waals surface area contributed by atoms with Gasteiger partial charge in [0.2, 0.25) is 5.91 Å². The summed E-state index contributed by atoms with van der Waals surface area (Å²) < 4.78 is 0. The molecule has 16 heavy (non-hydrogen) atoms. The Morgan fingerprint density at radius 1 is 1.12 bits per heavy atom. The molecule has 1 unspecified atom stereocenters. The molecule has 0 aromatic heterocycles. The fourth-order valence-corrected chi connectivity index (χ4v) is 1.64. The average Bonchev–Trinajstić information content (AvgIpc) is 2.30. The maximum absolute atomic E-state index is 11.3. The van der Waals surface area contributed by atoms with E-state index in [0.29, 0.717) is 12.5 Å². The van der Waals surface area contributed by atoms with Crippen molar-refractivity contribution in [3.05, 3.63) is 0 Å². The van der Waals surface area contributed by atoms with Crippen LogP contribution in [0, 0.1) is 0 Å². The highest BCUT2D eigenvalue weighted by Crippen LogP contribution is 2.03. The van der Waals surface area contributed by atoms with Crippen LogP contribution < -0.4 is 10.6 Å². The number of rotatable bonds is 10. The zero-order valence-corrected chi connectivity index (χ0v) is 11.1. The molecule has 0 heterocycles. The van der Waals surface area contributed by atoms with E-state index in [2.05, 4.69) is 31.4 Å². The third kappa shape index (κ3) is 8.72. The molecule has 0 fully saturated rings. The van der Waals surface area contributed by atoms with Crippen LogP contribution in [0.15, 0.2) is 0 Å². The van der Waals surface area contributed by atoms with E-state index in [1.165, 1.54) is 19.3 Å². The molecule has 0 aliphatic rings. The molecule has 2 N–H and O–H groups in total. The maximum Gasteiger partial charge on any atom is 0.221 e. The van der Waals surface area contributed by atoms with E-state index < -0.39 is 0 Å². The predicted molar refractivity (Wildman–Crippen MR) is 69.5 cm³/mol. The van der Waals surface area contributed by atoms with E-state index in [4.69, 9.17) is 0 Å². The van der Waals surface area contributed by atoms with E-state index >= 15 is 0 Å². The molecule has 1 amide bonds. The monoisotopic (exact) mass is 228 g/mol. The molecule has 0 saturated heterocycles. The Morgan fingerprint density at radius 3 is 2.44 bits per heavy atom. The molecule has 0 rings (SSSR count).